The number of halogens is 4. The molecule has 11 heteroatoms. The normalized spacial score (nSPS) is 11.3. The molecular weight excluding hydrogens is 585 g/mol. The summed E-state index contributed by atoms with van der Waals surface area (Å²) in [4.78, 5) is 12.4. The van der Waals surface area contributed by atoms with Gasteiger partial charge in [0.1, 0.15) is 13.2 Å². The molecule has 1 amide bonds. The molecule has 0 aliphatic rings. The molecule has 0 spiro atoms. The van der Waals surface area contributed by atoms with E-state index in [1.165, 1.54) is 24.4 Å². The van der Waals surface area contributed by atoms with Gasteiger partial charge in [0.05, 0.1) is 36.1 Å². The molecular formula is C32H28ClF3N2O5. The summed E-state index contributed by atoms with van der Waals surface area (Å²) in [6.45, 7) is 2.62. The zero-order valence-corrected chi connectivity index (χ0v) is 24.0. The SMILES string of the molecule is CCOc1cc(/C=N/NC(=O)c2ccccc2C(F)(F)F)cc(Cl)c1OCc1ccc(OCc2ccccc2)c(OC)c1. The molecule has 0 fully saturated rings. The Balaban J connectivity index is 1.44. The lowest BCUT2D eigenvalue weighted by Crippen LogP contribution is -2.22. The maximum atomic E-state index is 13.2. The van der Waals surface area contributed by atoms with Gasteiger partial charge in [0.25, 0.3) is 5.91 Å². The van der Waals surface area contributed by atoms with Crippen molar-refractivity contribution in [2.24, 2.45) is 5.10 Å². The summed E-state index contributed by atoms with van der Waals surface area (Å²) < 4.78 is 62.8. The molecule has 4 rings (SSSR count). The van der Waals surface area contributed by atoms with Gasteiger partial charge in [-0.3, -0.25) is 4.79 Å². The molecule has 0 aliphatic heterocycles. The molecule has 0 saturated heterocycles. The zero-order valence-electron chi connectivity index (χ0n) is 23.3. The van der Waals surface area contributed by atoms with Gasteiger partial charge in [-0.05, 0) is 60.0 Å². The Morgan fingerprint density at radius 3 is 2.30 bits per heavy atom. The van der Waals surface area contributed by atoms with Crippen molar-refractivity contribution in [3.8, 4) is 23.0 Å². The van der Waals surface area contributed by atoms with Crippen LogP contribution in [0.5, 0.6) is 23.0 Å². The highest BCUT2D eigenvalue weighted by molar-refractivity contribution is 6.32. The summed E-state index contributed by atoms with van der Waals surface area (Å²) in [6, 6.07) is 22.8. The maximum Gasteiger partial charge on any atom is 0.417 e. The fourth-order valence-corrected chi connectivity index (χ4v) is 4.30. The van der Waals surface area contributed by atoms with Crippen molar-refractivity contribution in [1.82, 2.24) is 5.43 Å². The number of ether oxygens (including phenoxy) is 4. The number of nitrogens with zero attached hydrogens (tertiary/aromatic N) is 1. The van der Waals surface area contributed by atoms with Crippen molar-refractivity contribution < 1.29 is 36.9 Å². The van der Waals surface area contributed by atoms with Crippen LogP contribution in [-0.4, -0.2) is 25.8 Å². The summed E-state index contributed by atoms with van der Waals surface area (Å²) >= 11 is 6.50. The van der Waals surface area contributed by atoms with Gasteiger partial charge in [-0.15, -0.1) is 0 Å². The van der Waals surface area contributed by atoms with Crippen LogP contribution in [-0.2, 0) is 19.4 Å². The lowest BCUT2D eigenvalue weighted by atomic mass is 10.1. The molecule has 0 aliphatic carbocycles. The van der Waals surface area contributed by atoms with Crippen molar-refractivity contribution in [2.45, 2.75) is 26.3 Å². The predicted octanol–water partition coefficient (Wildman–Crippen LogP) is 7.69. The first-order chi connectivity index (χ1) is 20.7. The van der Waals surface area contributed by atoms with Crippen molar-refractivity contribution >= 4 is 23.7 Å². The molecule has 0 saturated carbocycles. The van der Waals surface area contributed by atoms with Crippen molar-refractivity contribution in [2.75, 3.05) is 13.7 Å². The summed E-state index contributed by atoms with van der Waals surface area (Å²) in [7, 11) is 1.55. The van der Waals surface area contributed by atoms with E-state index in [2.05, 4.69) is 10.5 Å². The smallest absolute Gasteiger partial charge is 0.417 e. The summed E-state index contributed by atoms with van der Waals surface area (Å²) in [5, 5.41) is 4.00. The number of nitrogens with one attached hydrogen (secondary N) is 1. The Hall–Kier alpha value is -4.70. The topological polar surface area (TPSA) is 78.4 Å². The average molecular weight is 613 g/mol. The summed E-state index contributed by atoms with van der Waals surface area (Å²) in [5.74, 6) is 0.722. The number of hydrogen-bond acceptors (Lipinski definition) is 6. The fourth-order valence-electron chi connectivity index (χ4n) is 4.03. The van der Waals surface area contributed by atoms with Crippen LogP contribution in [0.3, 0.4) is 0 Å². The molecule has 0 atom stereocenters. The molecule has 4 aromatic carbocycles. The van der Waals surface area contributed by atoms with Crippen LogP contribution in [0, 0.1) is 0 Å². The highest BCUT2D eigenvalue weighted by atomic mass is 35.5. The summed E-state index contributed by atoms with van der Waals surface area (Å²) in [6.07, 6.45) is -3.44. The Labute approximate surface area is 251 Å². The van der Waals surface area contributed by atoms with E-state index in [9.17, 15) is 18.0 Å². The first kappa shape index (κ1) is 31.2. The third kappa shape index (κ3) is 8.42. The fraction of sp³-hybridized carbons (Fsp3) is 0.188. The quantitative estimate of drug-likeness (QED) is 0.131. The Morgan fingerprint density at radius 1 is 0.860 bits per heavy atom. The number of rotatable bonds is 12. The zero-order chi connectivity index (χ0) is 30.8. The number of alkyl halides is 3. The lowest BCUT2D eigenvalue weighted by molar-refractivity contribution is -0.137. The van der Waals surface area contributed by atoms with Gasteiger partial charge in [-0.2, -0.15) is 18.3 Å². The van der Waals surface area contributed by atoms with Crippen molar-refractivity contribution in [3.05, 3.63) is 118 Å². The highest BCUT2D eigenvalue weighted by Crippen LogP contribution is 2.38. The van der Waals surface area contributed by atoms with Gasteiger partial charge in [0.15, 0.2) is 23.0 Å². The number of hydrogen-bond donors (Lipinski definition) is 1. The van der Waals surface area contributed by atoms with E-state index >= 15 is 0 Å². The second-order valence-electron chi connectivity index (χ2n) is 9.05. The molecule has 43 heavy (non-hydrogen) atoms. The van der Waals surface area contributed by atoms with Crippen LogP contribution in [0.15, 0.2) is 90.0 Å². The minimum Gasteiger partial charge on any atom is -0.493 e. The maximum absolute atomic E-state index is 13.2. The first-order valence-corrected chi connectivity index (χ1v) is 13.5. The third-order valence-corrected chi connectivity index (χ3v) is 6.32. The number of amides is 1. The van der Waals surface area contributed by atoms with Gasteiger partial charge in [-0.1, -0.05) is 60.1 Å². The van der Waals surface area contributed by atoms with E-state index < -0.39 is 23.2 Å². The Kier molecular flexibility index (Phi) is 10.5. The summed E-state index contributed by atoms with van der Waals surface area (Å²) in [5.41, 5.74) is 2.75. The molecule has 4 aromatic rings. The lowest BCUT2D eigenvalue weighted by Gasteiger charge is -2.16. The molecule has 0 bridgehead atoms. The van der Waals surface area contributed by atoms with Crippen LogP contribution in [0.4, 0.5) is 13.2 Å². The van der Waals surface area contributed by atoms with E-state index in [1.54, 1.807) is 32.2 Å². The van der Waals surface area contributed by atoms with Crippen LogP contribution in [0.1, 0.15) is 39.5 Å². The van der Waals surface area contributed by atoms with Gasteiger partial charge in [0, 0.05) is 0 Å². The molecule has 7 nitrogen and oxygen atoms in total. The molecule has 0 heterocycles. The van der Waals surface area contributed by atoms with E-state index in [0.29, 0.717) is 36.0 Å². The van der Waals surface area contributed by atoms with E-state index in [4.69, 9.17) is 30.5 Å². The van der Waals surface area contributed by atoms with Crippen LogP contribution in [0.2, 0.25) is 5.02 Å². The molecule has 224 valence electrons. The third-order valence-electron chi connectivity index (χ3n) is 6.04. The van der Waals surface area contributed by atoms with Crippen molar-refractivity contribution in [3.63, 3.8) is 0 Å². The molecule has 0 aromatic heterocycles. The highest BCUT2D eigenvalue weighted by Gasteiger charge is 2.34. The van der Waals surface area contributed by atoms with E-state index in [1.807, 2.05) is 36.4 Å². The minimum absolute atomic E-state index is 0.136. The Morgan fingerprint density at radius 2 is 1.58 bits per heavy atom. The molecule has 1 N–H and O–H groups in total. The molecule has 0 unspecified atom stereocenters. The number of carbonyl (C=O) groups excluding carboxylic acids is 1. The Bertz CT molecular complexity index is 1580. The average Bonchev–Trinajstić information content (AvgIpc) is 3.00. The number of hydrazone groups is 1. The second kappa shape index (κ2) is 14.5. The second-order valence-corrected chi connectivity index (χ2v) is 9.46. The first-order valence-electron chi connectivity index (χ1n) is 13.1. The number of methoxy groups -OCH3 is 1. The standard InChI is InChI=1S/C32H28ClF3N2O5/c1-3-41-29-17-23(18-37-38-31(39)24-11-7-8-12-25(24)32(34,35)36)15-26(33)30(29)43-20-22-13-14-27(28(16-22)40-2)42-19-21-9-5-4-6-10-21/h4-18H,3,19-20H2,1-2H3,(H,38,39)/b37-18+. The van der Waals surface area contributed by atoms with Gasteiger partial charge in [-0.25, -0.2) is 5.43 Å². The van der Waals surface area contributed by atoms with E-state index in [-0.39, 0.29) is 17.4 Å². The number of benzene rings is 4. The number of carbonyl (C=O) groups is 1. The minimum atomic E-state index is -4.68. The monoisotopic (exact) mass is 612 g/mol. The van der Waals surface area contributed by atoms with Crippen LogP contribution >= 0.6 is 11.6 Å². The van der Waals surface area contributed by atoms with Gasteiger partial charge >= 0.3 is 6.18 Å². The van der Waals surface area contributed by atoms with Crippen LogP contribution < -0.4 is 24.4 Å². The van der Waals surface area contributed by atoms with E-state index in [0.717, 1.165) is 23.3 Å². The van der Waals surface area contributed by atoms with Gasteiger partial charge in [0.2, 0.25) is 0 Å². The van der Waals surface area contributed by atoms with Crippen LogP contribution in [0.25, 0.3) is 0 Å². The molecule has 0 radical (unpaired) electrons. The largest absolute Gasteiger partial charge is 0.493 e. The predicted molar refractivity (Wildman–Crippen MR) is 157 cm³/mol. The van der Waals surface area contributed by atoms with Crippen molar-refractivity contribution in [1.29, 1.82) is 0 Å². The van der Waals surface area contributed by atoms with Gasteiger partial charge < -0.3 is 18.9 Å².